The second-order valence-corrected chi connectivity index (χ2v) is 9.47. The number of hydrogen-bond donors (Lipinski definition) is 1. The first-order chi connectivity index (χ1) is 16.6. The third-order valence-electron chi connectivity index (χ3n) is 6.03. The Morgan fingerprint density at radius 1 is 1.15 bits per heavy atom. The Labute approximate surface area is 207 Å². The summed E-state index contributed by atoms with van der Waals surface area (Å²) < 4.78 is 16.1. The number of benzene rings is 2. The van der Waals surface area contributed by atoms with Crippen molar-refractivity contribution in [2.75, 3.05) is 38.7 Å². The van der Waals surface area contributed by atoms with E-state index >= 15 is 0 Å². The van der Waals surface area contributed by atoms with Gasteiger partial charge in [-0.2, -0.15) is 0 Å². The average Bonchev–Trinajstić information content (AvgIpc) is 3.38. The highest BCUT2D eigenvalue weighted by Crippen LogP contribution is 2.37. The summed E-state index contributed by atoms with van der Waals surface area (Å²) in [5, 5.41) is 7.19. The van der Waals surface area contributed by atoms with Gasteiger partial charge in [0.2, 0.25) is 0 Å². The summed E-state index contributed by atoms with van der Waals surface area (Å²) in [5.74, 6) is 1.62. The van der Waals surface area contributed by atoms with Gasteiger partial charge in [-0.25, -0.2) is 9.78 Å². The van der Waals surface area contributed by atoms with Gasteiger partial charge in [0, 0.05) is 35.6 Å². The van der Waals surface area contributed by atoms with Gasteiger partial charge in [-0.1, -0.05) is 6.07 Å². The molecule has 2 aliphatic rings. The van der Waals surface area contributed by atoms with Crippen LogP contribution in [0.4, 0.5) is 5.69 Å². The first-order valence-electron chi connectivity index (χ1n) is 11.2. The Bertz CT molecular complexity index is 1200. The summed E-state index contributed by atoms with van der Waals surface area (Å²) in [6.45, 7) is 2.87. The van der Waals surface area contributed by atoms with Crippen LogP contribution in [0.1, 0.15) is 34.1 Å². The number of anilines is 1. The van der Waals surface area contributed by atoms with Crippen LogP contribution in [-0.4, -0.2) is 54.4 Å². The largest absolute Gasteiger partial charge is 0.486 e. The molecule has 9 heteroatoms. The molecule has 2 aromatic carbocycles. The lowest BCUT2D eigenvalue weighted by Gasteiger charge is -2.33. The summed E-state index contributed by atoms with van der Waals surface area (Å²) in [6.07, 6.45) is 1.97. The third kappa shape index (κ3) is 4.85. The zero-order chi connectivity index (χ0) is 23.5. The van der Waals surface area contributed by atoms with Crippen molar-refractivity contribution in [1.29, 1.82) is 0 Å². The first-order valence-corrected chi connectivity index (χ1v) is 12.5. The van der Waals surface area contributed by atoms with Crippen molar-refractivity contribution in [1.82, 2.24) is 9.88 Å². The van der Waals surface area contributed by atoms with Crippen LogP contribution in [0, 0.1) is 0 Å². The second-order valence-electron chi connectivity index (χ2n) is 8.19. The standard InChI is InChI=1S/C25H25N3O4S2/c1-30-24(29)18-3-2-4-19(13-18)26-25(33)28-9-7-16(8-10-28)23-27-20(15-34-23)17-5-6-21-22(14-17)32-12-11-31-21/h2-6,13-16H,7-12H2,1H3,(H,26,33). The normalized spacial score (nSPS) is 15.6. The van der Waals surface area contributed by atoms with Crippen molar-refractivity contribution in [2.45, 2.75) is 18.8 Å². The van der Waals surface area contributed by atoms with Crippen LogP contribution in [0.25, 0.3) is 11.3 Å². The number of nitrogens with one attached hydrogen (secondary N) is 1. The number of carbonyl (C=O) groups excluding carboxylic acids is 1. The molecule has 1 saturated heterocycles. The van der Waals surface area contributed by atoms with E-state index in [-0.39, 0.29) is 5.97 Å². The van der Waals surface area contributed by atoms with E-state index < -0.39 is 0 Å². The van der Waals surface area contributed by atoms with Gasteiger partial charge in [0.25, 0.3) is 0 Å². The average molecular weight is 496 g/mol. The molecule has 1 fully saturated rings. The highest BCUT2D eigenvalue weighted by Gasteiger charge is 2.25. The van der Waals surface area contributed by atoms with Gasteiger partial charge in [-0.05, 0) is 61.5 Å². The second kappa shape index (κ2) is 9.99. The molecule has 7 nitrogen and oxygen atoms in total. The van der Waals surface area contributed by atoms with Crippen molar-refractivity contribution in [3.05, 3.63) is 58.4 Å². The van der Waals surface area contributed by atoms with E-state index in [1.54, 1.807) is 23.5 Å². The topological polar surface area (TPSA) is 72.9 Å². The summed E-state index contributed by atoms with van der Waals surface area (Å²) >= 11 is 7.34. The van der Waals surface area contributed by atoms with Crippen LogP contribution < -0.4 is 14.8 Å². The molecule has 0 atom stereocenters. The molecule has 0 spiro atoms. The van der Waals surface area contributed by atoms with Gasteiger partial charge in [0.1, 0.15) is 13.2 Å². The first kappa shape index (κ1) is 22.6. The molecule has 0 saturated carbocycles. The molecule has 3 aromatic rings. The van der Waals surface area contributed by atoms with E-state index in [2.05, 4.69) is 15.6 Å². The quantitative estimate of drug-likeness (QED) is 0.403. The van der Waals surface area contributed by atoms with E-state index in [0.29, 0.717) is 29.8 Å². The van der Waals surface area contributed by atoms with E-state index in [0.717, 1.165) is 59.4 Å². The van der Waals surface area contributed by atoms with Gasteiger partial charge in [0.15, 0.2) is 16.6 Å². The minimum Gasteiger partial charge on any atom is -0.486 e. The van der Waals surface area contributed by atoms with Crippen molar-refractivity contribution < 1.29 is 19.0 Å². The van der Waals surface area contributed by atoms with Gasteiger partial charge in [0.05, 0.1) is 23.4 Å². The molecule has 0 unspecified atom stereocenters. The zero-order valence-corrected chi connectivity index (χ0v) is 20.4. The van der Waals surface area contributed by atoms with Crippen LogP contribution in [-0.2, 0) is 4.74 Å². The highest BCUT2D eigenvalue weighted by molar-refractivity contribution is 7.80. The predicted molar refractivity (Wildman–Crippen MR) is 136 cm³/mol. The predicted octanol–water partition coefficient (Wildman–Crippen LogP) is 4.94. The minimum absolute atomic E-state index is 0.366. The Hall–Kier alpha value is -3.17. The molecule has 0 aliphatic carbocycles. The summed E-state index contributed by atoms with van der Waals surface area (Å²) in [5.41, 5.74) is 3.29. The molecule has 1 N–H and O–H groups in total. The number of thiocarbonyl (C=S) groups is 1. The number of hydrogen-bond acceptors (Lipinski definition) is 7. The summed E-state index contributed by atoms with van der Waals surface area (Å²) in [4.78, 5) is 18.9. The molecule has 2 aliphatic heterocycles. The number of carbonyl (C=O) groups is 1. The maximum absolute atomic E-state index is 11.8. The third-order valence-corrected chi connectivity index (χ3v) is 7.39. The van der Waals surface area contributed by atoms with Gasteiger partial charge >= 0.3 is 5.97 Å². The maximum atomic E-state index is 11.8. The fourth-order valence-corrected chi connectivity index (χ4v) is 5.49. The smallest absolute Gasteiger partial charge is 0.337 e. The van der Waals surface area contributed by atoms with Gasteiger partial charge in [-0.3, -0.25) is 0 Å². The number of esters is 1. The molecule has 1 aromatic heterocycles. The number of likely N-dealkylation sites (tertiary alicyclic amines) is 1. The summed E-state index contributed by atoms with van der Waals surface area (Å²) in [6, 6.07) is 13.2. The lowest BCUT2D eigenvalue weighted by molar-refractivity contribution is 0.0601. The SMILES string of the molecule is COC(=O)c1cccc(NC(=S)N2CCC(c3nc(-c4ccc5c(c4)OCCO5)cs3)CC2)c1. The van der Waals surface area contributed by atoms with E-state index in [1.807, 2.05) is 30.3 Å². The minimum atomic E-state index is -0.366. The molecular weight excluding hydrogens is 470 g/mol. The van der Waals surface area contributed by atoms with Crippen molar-refractivity contribution in [3.8, 4) is 22.8 Å². The van der Waals surface area contributed by atoms with E-state index in [4.69, 9.17) is 31.4 Å². The lowest BCUT2D eigenvalue weighted by atomic mass is 9.98. The number of aromatic nitrogens is 1. The molecule has 5 rings (SSSR count). The highest BCUT2D eigenvalue weighted by atomic mass is 32.1. The van der Waals surface area contributed by atoms with Crippen LogP contribution in [0.5, 0.6) is 11.5 Å². The number of thiazole rings is 1. The number of piperidine rings is 1. The van der Waals surface area contributed by atoms with Crippen LogP contribution in [0.15, 0.2) is 47.8 Å². The Morgan fingerprint density at radius 2 is 1.94 bits per heavy atom. The molecule has 0 amide bonds. The molecule has 176 valence electrons. The Kier molecular flexibility index (Phi) is 6.64. The fraction of sp³-hybridized carbons (Fsp3) is 0.320. The number of methoxy groups -OCH3 is 1. The molecule has 0 bridgehead atoms. The molecule has 3 heterocycles. The fourth-order valence-electron chi connectivity index (χ4n) is 4.18. The maximum Gasteiger partial charge on any atom is 0.337 e. The van der Waals surface area contributed by atoms with Crippen LogP contribution in [0.3, 0.4) is 0 Å². The number of nitrogens with zero attached hydrogens (tertiary/aromatic N) is 2. The van der Waals surface area contributed by atoms with Crippen molar-refractivity contribution in [2.24, 2.45) is 0 Å². The van der Waals surface area contributed by atoms with Crippen LogP contribution in [0.2, 0.25) is 0 Å². The number of rotatable bonds is 4. The van der Waals surface area contributed by atoms with E-state index in [9.17, 15) is 4.79 Å². The van der Waals surface area contributed by atoms with Crippen molar-refractivity contribution in [3.63, 3.8) is 0 Å². The lowest BCUT2D eigenvalue weighted by Crippen LogP contribution is -2.40. The van der Waals surface area contributed by atoms with E-state index in [1.165, 1.54) is 7.11 Å². The Balaban J connectivity index is 1.19. The van der Waals surface area contributed by atoms with Crippen LogP contribution >= 0.6 is 23.6 Å². The molecule has 34 heavy (non-hydrogen) atoms. The van der Waals surface area contributed by atoms with Crippen molar-refractivity contribution >= 4 is 40.3 Å². The monoisotopic (exact) mass is 495 g/mol. The Morgan fingerprint density at radius 3 is 2.74 bits per heavy atom. The molecule has 0 radical (unpaired) electrons. The number of fused-ring (bicyclic) bond motifs is 1. The number of ether oxygens (including phenoxy) is 3. The van der Waals surface area contributed by atoms with Gasteiger partial charge in [-0.15, -0.1) is 11.3 Å². The summed E-state index contributed by atoms with van der Waals surface area (Å²) in [7, 11) is 1.37. The molecular formula is C25H25N3O4S2. The van der Waals surface area contributed by atoms with Gasteiger partial charge < -0.3 is 24.4 Å². The zero-order valence-electron chi connectivity index (χ0n) is 18.8.